The second kappa shape index (κ2) is 7.27. The van der Waals surface area contributed by atoms with Crippen LogP contribution in [0.25, 0.3) is 0 Å². The topological polar surface area (TPSA) is 74.8 Å². The summed E-state index contributed by atoms with van der Waals surface area (Å²) in [5, 5.41) is 0. The molecule has 0 atom stereocenters. The molecular weight excluding hydrogens is 398 g/mol. The van der Waals surface area contributed by atoms with Gasteiger partial charge in [0.15, 0.2) is 0 Å². The van der Waals surface area contributed by atoms with Crippen LogP contribution < -0.4 is 0 Å². The van der Waals surface area contributed by atoms with E-state index in [1.807, 2.05) is 6.92 Å². The Labute approximate surface area is 157 Å². The number of halogens is 2. The Kier molecular flexibility index (Phi) is 5.35. The molecule has 1 aliphatic rings. The molecule has 146 valence electrons. The van der Waals surface area contributed by atoms with Gasteiger partial charge < -0.3 is 0 Å². The first-order valence-corrected chi connectivity index (χ1v) is 11.0. The van der Waals surface area contributed by atoms with Crippen molar-refractivity contribution in [2.45, 2.75) is 16.7 Å². The molecule has 3 rings (SSSR count). The molecule has 1 fully saturated rings. The van der Waals surface area contributed by atoms with Crippen LogP contribution >= 0.6 is 0 Å². The number of nitrogens with zero attached hydrogens (tertiary/aromatic N) is 2. The monoisotopic (exact) mass is 416 g/mol. The van der Waals surface area contributed by atoms with Crippen LogP contribution in [-0.4, -0.2) is 51.6 Å². The zero-order chi connectivity index (χ0) is 19.8. The lowest BCUT2D eigenvalue weighted by atomic mass is 10.2. The third-order valence-corrected chi connectivity index (χ3v) is 8.19. The molecular formula is C17H18F2N2O4S2. The van der Waals surface area contributed by atoms with E-state index in [2.05, 4.69) is 0 Å². The highest BCUT2D eigenvalue weighted by Crippen LogP contribution is 2.24. The molecule has 0 radical (unpaired) electrons. The van der Waals surface area contributed by atoms with Crippen molar-refractivity contribution in [2.24, 2.45) is 0 Å². The number of hydrogen-bond donors (Lipinski definition) is 0. The fourth-order valence-electron chi connectivity index (χ4n) is 2.82. The van der Waals surface area contributed by atoms with Crippen LogP contribution in [0.2, 0.25) is 0 Å². The Balaban J connectivity index is 1.78. The SMILES string of the molecule is Cc1ccc(S(=O)(=O)N2CCN(S(=O)(=O)c3cc(F)ccc3F)CC2)cc1. The van der Waals surface area contributed by atoms with Crippen molar-refractivity contribution >= 4 is 20.0 Å². The average molecular weight is 416 g/mol. The molecule has 0 aliphatic carbocycles. The third-order valence-electron chi connectivity index (χ3n) is 4.37. The van der Waals surface area contributed by atoms with Gasteiger partial charge in [0.25, 0.3) is 0 Å². The van der Waals surface area contributed by atoms with Crippen molar-refractivity contribution in [3.05, 3.63) is 59.7 Å². The summed E-state index contributed by atoms with van der Waals surface area (Å²) in [7, 11) is -8.01. The predicted molar refractivity (Wildman–Crippen MR) is 95.1 cm³/mol. The lowest BCUT2D eigenvalue weighted by molar-refractivity contribution is 0.272. The highest BCUT2D eigenvalue weighted by Gasteiger charge is 2.35. The number of benzene rings is 2. The largest absolute Gasteiger partial charge is 0.246 e. The summed E-state index contributed by atoms with van der Waals surface area (Å²) < 4.78 is 79.8. The minimum atomic E-state index is -4.26. The Bertz CT molecular complexity index is 1050. The standard InChI is InChI=1S/C17H18F2N2O4S2/c1-13-2-5-15(6-3-13)26(22,23)20-8-10-21(11-9-20)27(24,25)17-12-14(18)4-7-16(17)19/h2-7,12H,8-11H2,1H3. The van der Waals surface area contributed by atoms with Crippen LogP contribution in [0.15, 0.2) is 52.3 Å². The van der Waals surface area contributed by atoms with Gasteiger partial charge in [-0.1, -0.05) is 17.7 Å². The number of rotatable bonds is 4. The highest BCUT2D eigenvalue weighted by atomic mass is 32.2. The summed E-state index contributed by atoms with van der Waals surface area (Å²) in [6.45, 7) is 1.39. The van der Waals surface area contributed by atoms with Gasteiger partial charge in [0.05, 0.1) is 4.90 Å². The van der Waals surface area contributed by atoms with Crippen LogP contribution in [0.3, 0.4) is 0 Å². The molecule has 1 aliphatic heterocycles. The molecule has 27 heavy (non-hydrogen) atoms. The van der Waals surface area contributed by atoms with Crippen LogP contribution in [0.4, 0.5) is 8.78 Å². The van der Waals surface area contributed by atoms with Crippen LogP contribution in [0.1, 0.15) is 5.56 Å². The number of piperazine rings is 1. The normalized spacial score (nSPS) is 17.1. The first kappa shape index (κ1) is 19.9. The van der Waals surface area contributed by atoms with Gasteiger partial charge in [0.1, 0.15) is 16.5 Å². The summed E-state index contributed by atoms with van der Waals surface area (Å²) in [4.78, 5) is -0.627. The Hall–Kier alpha value is -1.88. The first-order chi connectivity index (χ1) is 12.6. The lowest BCUT2D eigenvalue weighted by Crippen LogP contribution is -2.50. The molecule has 0 amide bonds. The van der Waals surface area contributed by atoms with E-state index in [-0.39, 0.29) is 31.1 Å². The predicted octanol–water partition coefficient (Wildman–Crippen LogP) is 1.97. The maximum atomic E-state index is 13.9. The molecule has 0 aromatic heterocycles. The second-order valence-corrected chi connectivity index (χ2v) is 10.0. The Morgan fingerprint density at radius 3 is 1.85 bits per heavy atom. The zero-order valence-electron chi connectivity index (χ0n) is 14.5. The minimum absolute atomic E-state index is 0.0770. The van der Waals surface area contributed by atoms with Gasteiger partial charge in [0.2, 0.25) is 20.0 Å². The van der Waals surface area contributed by atoms with Crippen LogP contribution in [0.5, 0.6) is 0 Å². The van der Waals surface area contributed by atoms with E-state index in [1.165, 1.54) is 16.4 Å². The van der Waals surface area contributed by atoms with E-state index in [1.54, 1.807) is 12.1 Å². The summed E-state index contributed by atoms with van der Waals surface area (Å²) in [5.74, 6) is -1.92. The molecule has 1 saturated heterocycles. The summed E-state index contributed by atoms with van der Waals surface area (Å²) in [5.41, 5.74) is 0.919. The van der Waals surface area contributed by atoms with E-state index in [9.17, 15) is 25.6 Å². The fraction of sp³-hybridized carbons (Fsp3) is 0.294. The summed E-state index contributed by atoms with van der Waals surface area (Å²) >= 11 is 0. The Morgan fingerprint density at radius 2 is 1.30 bits per heavy atom. The van der Waals surface area contributed by atoms with Crippen molar-refractivity contribution < 1.29 is 25.6 Å². The van der Waals surface area contributed by atoms with Gasteiger partial charge >= 0.3 is 0 Å². The van der Waals surface area contributed by atoms with Crippen LogP contribution in [0, 0.1) is 18.6 Å². The van der Waals surface area contributed by atoms with Crippen molar-refractivity contribution in [2.75, 3.05) is 26.2 Å². The van der Waals surface area contributed by atoms with Crippen molar-refractivity contribution in [1.29, 1.82) is 0 Å². The molecule has 0 saturated carbocycles. The van der Waals surface area contributed by atoms with Crippen molar-refractivity contribution in [1.82, 2.24) is 8.61 Å². The summed E-state index contributed by atoms with van der Waals surface area (Å²) in [6, 6.07) is 8.56. The van der Waals surface area contributed by atoms with E-state index >= 15 is 0 Å². The van der Waals surface area contributed by atoms with Crippen molar-refractivity contribution in [3.63, 3.8) is 0 Å². The van der Waals surface area contributed by atoms with Gasteiger partial charge in [-0.25, -0.2) is 25.6 Å². The van der Waals surface area contributed by atoms with Gasteiger partial charge in [0, 0.05) is 26.2 Å². The second-order valence-electron chi connectivity index (χ2n) is 6.20. The summed E-state index contributed by atoms with van der Waals surface area (Å²) in [6.07, 6.45) is 0. The molecule has 1 heterocycles. The smallest absolute Gasteiger partial charge is 0.207 e. The van der Waals surface area contributed by atoms with Crippen molar-refractivity contribution in [3.8, 4) is 0 Å². The van der Waals surface area contributed by atoms with E-state index in [0.717, 1.165) is 22.0 Å². The average Bonchev–Trinajstić information content (AvgIpc) is 2.64. The molecule has 0 N–H and O–H groups in total. The maximum absolute atomic E-state index is 13.9. The molecule has 2 aromatic carbocycles. The molecule has 6 nitrogen and oxygen atoms in total. The molecule has 0 bridgehead atoms. The van der Waals surface area contributed by atoms with E-state index < -0.39 is 36.6 Å². The highest BCUT2D eigenvalue weighted by molar-refractivity contribution is 7.89. The number of aryl methyl sites for hydroxylation is 1. The third kappa shape index (κ3) is 3.88. The fourth-order valence-corrected chi connectivity index (χ4v) is 5.74. The van der Waals surface area contributed by atoms with E-state index in [4.69, 9.17) is 0 Å². The molecule has 10 heteroatoms. The molecule has 0 unspecified atom stereocenters. The zero-order valence-corrected chi connectivity index (χ0v) is 16.1. The molecule has 0 spiro atoms. The minimum Gasteiger partial charge on any atom is -0.207 e. The lowest BCUT2D eigenvalue weighted by Gasteiger charge is -2.33. The van der Waals surface area contributed by atoms with E-state index in [0.29, 0.717) is 6.07 Å². The molecule has 2 aromatic rings. The van der Waals surface area contributed by atoms with Gasteiger partial charge in [-0.2, -0.15) is 8.61 Å². The number of sulfonamides is 2. The Morgan fingerprint density at radius 1 is 0.778 bits per heavy atom. The van der Waals surface area contributed by atoms with Gasteiger partial charge in [-0.15, -0.1) is 0 Å². The first-order valence-electron chi connectivity index (χ1n) is 8.14. The maximum Gasteiger partial charge on any atom is 0.246 e. The van der Waals surface area contributed by atoms with Gasteiger partial charge in [-0.05, 0) is 37.3 Å². The van der Waals surface area contributed by atoms with Crippen LogP contribution in [-0.2, 0) is 20.0 Å². The number of hydrogen-bond acceptors (Lipinski definition) is 4. The quantitative estimate of drug-likeness (QED) is 0.764. The van der Waals surface area contributed by atoms with Gasteiger partial charge in [-0.3, -0.25) is 0 Å².